The summed E-state index contributed by atoms with van der Waals surface area (Å²) in [6.45, 7) is 4.46. The Morgan fingerprint density at radius 2 is 1.89 bits per heavy atom. The van der Waals surface area contributed by atoms with E-state index in [9.17, 15) is 10.1 Å². The molecule has 0 spiro atoms. The highest BCUT2D eigenvalue weighted by molar-refractivity contribution is 5.69. The molecule has 18 heavy (non-hydrogen) atoms. The average Bonchev–Trinajstić information content (AvgIpc) is 2.39. The van der Waals surface area contributed by atoms with E-state index >= 15 is 0 Å². The van der Waals surface area contributed by atoms with Crippen molar-refractivity contribution in [3.63, 3.8) is 0 Å². The van der Waals surface area contributed by atoms with Gasteiger partial charge in [0.2, 0.25) is 0 Å². The fourth-order valence-corrected chi connectivity index (χ4v) is 1.91. The molecular weight excluding hydrogens is 224 g/mol. The van der Waals surface area contributed by atoms with Crippen LogP contribution in [-0.2, 0) is 6.54 Å². The smallest absolute Gasteiger partial charge is 0.269 e. The lowest BCUT2D eigenvalue weighted by molar-refractivity contribution is 0.725. The van der Waals surface area contributed by atoms with Crippen molar-refractivity contribution >= 4 is 0 Å². The standard InChI is InChI=1S/C15H14N2O/c1-3-17-9-8-13(14(10-16)15(17)18)12-6-4-11(2)5-7-12/h4-9H,3H2,1-2H3. The minimum absolute atomic E-state index is 0.211. The molecule has 90 valence electrons. The van der Waals surface area contributed by atoms with Crippen molar-refractivity contribution in [1.29, 1.82) is 5.26 Å². The third-order valence-corrected chi connectivity index (χ3v) is 2.98. The summed E-state index contributed by atoms with van der Waals surface area (Å²) >= 11 is 0. The molecule has 0 radical (unpaired) electrons. The molecule has 0 atom stereocenters. The lowest BCUT2D eigenvalue weighted by Crippen LogP contribution is -2.21. The van der Waals surface area contributed by atoms with E-state index in [0.29, 0.717) is 12.1 Å². The zero-order chi connectivity index (χ0) is 13.1. The van der Waals surface area contributed by atoms with Crippen molar-refractivity contribution in [2.24, 2.45) is 0 Å². The van der Waals surface area contributed by atoms with Gasteiger partial charge in [0, 0.05) is 18.3 Å². The molecule has 0 amide bonds. The van der Waals surface area contributed by atoms with Gasteiger partial charge in [0.25, 0.3) is 5.56 Å². The topological polar surface area (TPSA) is 45.8 Å². The van der Waals surface area contributed by atoms with E-state index in [1.807, 2.05) is 50.2 Å². The predicted molar refractivity (Wildman–Crippen MR) is 71.3 cm³/mol. The zero-order valence-electron chi connectivity index (χ0n) is 10.5. The van der Waals surface area contributed by atoms with Crippen molar-refractivity contribution in [3.05, 3.63) is 58.0 Å². The number of nitrogens with zero attached hydrogens (tertiary/aromatic N) is 2. The molecule has 1 aromatic carbocycles. The molecule has 0 aliphatic rings. The third kappa shape index (κ3) is 2.05. The molecule has 2 rings (SSSR count). The summed E-state index contributed by atoms with van der Waals surface area (Å²) in [6.07, 6.45) is 1.73. The van der Waals surface area contributed by atoms with E-state index in [1.165, 1.54) is 4.57 Å². The Balaban J connectivity index is 2.66. The van der Waals surface area contributed by atoms with Gasteiger partial charge in [-0.3, -0.25) is 4.79 Å². The Kier molecular flexibility index (Phi) is 3.29. The third-order valence-electron chi connectivity index (χ3n) is 2.98. The molecule has 0 saturated carbocycles. The van der Waals surface area contributed by atoms with Gasteiger partial charge >= 0.3 is 0 Å². The molecule has 0 bridgehead atoms. The van der Waals surface area contributed by atoms with Crippen molar-refractivity contribution in [2.45, 2.75) is 20.4 Å². The van der Waals surface area contributed by atoms with Gasteiger partial charge in [-0.1, -0.05) is 29.8 Å². The molecule has 3 heteroatoms. The van der Waals surface area contributed by atoms with Gasteiger partial charge in [-0.25, -0.2) is 0 Å². The maximum absolute atomic E-state index is 12.0. The fourth-order valence-electron chi connectivity index (χ4n) is 1.91. The van der Waals surface area contributed by atoms with Gasteiger partial charge < -0.3 is 4.57 Å². The van der Waals surface area contributed by atoms with Gasteiger partial charge in [0.05, 0.1) is 0 Å². The lowest BCUT2D eigenvalue weighted by atomic mass is 10.0. The lowest BCUT2D eigenvalue weighted by Gasteiger charge is -2.07. The summed E-state index contributed by atoms with van der Waals surface area (Å²) in [5, 5.41) is 9.17. The quantitative estimate of drug-likeness (QED) is 0.807. The molecule has 2 aromatic rings. The minimum Gasteiger partial charge on any atom is -0.315 e. The highest BCUT2D eigenvalue weighted by Crippen LogP contribution is 2.21. The Labute approximate surface area is 106 Å². The van der Waals surface area contributed by atoms with Crippen molar-refractivity contribution in [1.82, 2.24) is 4.57 Å². The number of aryl methyl sites for hydroxylation is 2. The highest BCUT2D eigenvalue weighted by atomic mass is 16.1. The maximum Gasteiger partial charge on any atom is 0.269 e. The summed E-state index contributed by atoms with van der Waals surface area (Å²) < 4.78 is 1.54. The van der Waals surface area contributed by atoms with Crippen LogP contribution >= 0.6 is 0 Å². The summed E-state index contributed by atoms with van der Waals surface area (Å²) in [7, 11) is 0. The van der Waals surface area contributed by atoms with E-state index < -0.39 is 0 Å². The van der Waals surface area contributed by atoms with E-state index in [-0.39, 0.29) is 11.1 Å². The molecule has 1 aromatic heterocycles. The first-order valence-corrected chi connectivity index (χ1v) is 5.88. The molecule has 0 fully saturated rings. The van der Waals surface area contributed by atoms with Crippen LogP contribution in [0.3, 0.4) is 0 Å². The normalized spacial score (nSPS) is 10.1. The number of benzene rings is 1. The summed E-state index contributed by atoms with van der Waals surface area (Å²) in [4.78, 5) is 12.0. The summed E-state index contributed by atoms with van der Waals surface area (Å²) in [5.41, 5.74) is 2.74. The highest BCUT2D eigenvalue weighted by Gasteiger charge is 2.10. The number of hydrogen-bond donors (Lipinski definition) is 0. The first-order chi connectivity index (χ1) is 8.67. The number of pyridine rings is 1. The van der Waals surface area contributed by atoms with E-state index in [1.54, 1.807) is 6.20 Å². The minimum atomic E-state index is -0.224. The summed E-state index contributed by atoms with van der Waals surface area (Å²) in [6, 6.07) is 11.7. The predicted octanol–water partition coefficient (Wildman–Crippen LogP) is 2.72. The Morgan fingerprint density at radius 3 is 2.44 bits per heavy atom. The largest absolute Gasteiger partial charge is 0.315 e. The van der Waals surface area contributed by atoms with Crippen molar-refractivity contribution < 1.29 is 0 Å². The molecule has 0 saturated heterocycles. The summed E-state index contributed by atoms with van der Waals surface area (Å²) in [5.74, 6) is 0. The van der Waals surface area contributed by atoms with Crippen LogP contribution in [0.5, 0.6) is 0 Å². The first kappa shape index (κ1) is 12.1. The SMILES string of the molecule is CCn1ccc(-c2ccc(C)cc2)c(C#N)c1=O. The van der Waals surface area contributed by atoms with Crippen LogP contribution in [0.4, 0.5) is 0 Å². The van der Waals surface area contributed by atoms with Gasteiger partial charge in [-0.15, -0.1) is 0 Å². The number of aromatic nitrogens is 1. The van der Waals surface area contributed by atoms with Crippen LogP contribution in [0.1, 0.15) is 18.1 Å². The van der Waals surface area contributed by atoms with Gasteiger partial charge in [-0.2, -0.15) is 5.26 Å². The second kappa shape index (κ2) is 4.89. The van der Waals surface area contributed by atoms with Crippen LogP contribution in [0.15, 0.2) is 41.3 Å². The molecule has 0 N–H and O–H groups in total. The Bertz CT molecular complexity index is 660. The molecule has 0 aliphatic carbocycles. The van der Waals surface area contributed by atoms with Crippen LogP contribution in [-0.4, -0.2) is 4.57 Å². The van der Waals surface area contributed by atoms with E-state index in [0.717, 1.165) is 11.1 Å². The van der Waals surface area contributed by atoms with Gasteiger partial charge in [-0.05, 0) is 25.5 Å². The Morgan fingerprint density at radius 1 is 1.22 bits per heavy atom. The van der Waals surface area contributed by atoms with E-state index in [2.05, 4.69) is 0 Å². The maximum atomic E-state index is 12.0. The second-order valence-electron chi connectivity index (χ2n) is 4.17. The molecule has 3 nitrogen and oxygen atoms in total. The number of nitriles is 1. The van der Waals surface area contributed by atoms with Crippen LogP contribution < -0.4 is 5.56 Å². The number of hydrogen-bond acceptors (Lipinski definition) is 2. The molecular formula is C15H14N2O. The van der Waals surface area contributed by atoms with Crippen LogP contribution in [0, 0.1) is 18.3 Å². The van der Waals surface area contributed by atoms with E-state index in [4.69, 9.17) is 0 Å². The van der Waals surface area contributed by atoms with Crippen LogP contribution in [0.25, 0.3) is 11.1 Å². The van der Waals surface area contributed by atoms with Crippen molar-refractivity contribution in [3.8, 4) is 17.2 Å². The number of rotatable bonds is 2. The van der Waals surface area contributed by atoms with Gasteiger partial charge in [0.1, 0.15) is 11.6 Å². The van der Waals surface area contributed by atoms with Crippen LogP contribution in [0.2, 0.25) is 0 Å². The first-order valence-electron chi connectivity index (χ1n) is 5.88. The molecule has 0 aliphatic heterocycles. The van der Waals surface area contributed by atoms with Crippen molar-refractivity contribution in [2.75, 3.05) is 0 Å². The average molecular weight is 238 g/mol. The second-order valence-corrected chi connectivity index (χ2v) is 4.17. The molecule has 0 unspecified atom stereocenters. The Hall–Kier alpha value is -2.34. The van der Waals surface area contributed by atoms with Gasteiger partial charge in [0.15, 0.2) is 0 Å². The fraction of sp³-hybridized carbons (Fsp3) is 0.200. The monoisotopic (exact) mass is 238 g/mol. The molecule has 1 heterocycles. The zero-order valence-corrected chi connectivity index (χ0v) is 10.5.